The Morgan fingerprint density at radius 3 is 2.57 bits per heavy atom. The molecular weight excluding hydrogens is 285 g/mol. The Morgan fingerprint density at radius 1 is 1.36 bits per heavy atom. The van der Waals surface area contributed by atoms with E-state index < -0.39 is 0 Å². The van der Waals surface area contributed by atoms with Crippen LogP contribution < -0.4 is 5.32 Å². The molecule has 0 aliphatic carbocycles. The number of hydrogen-bond acceptors (Lipinski definition) is 1. The van der Waals surface area contributed by atoms with Crippen molar-refractivity contribution in [2.45, 2.75) is 26.8 Å². The highest BCUT2D eigenvalue weighted by Gasteiger charge is 2.13. The van der Waals surface area contributed by atoms with Gasteiger partial charge in [-0.3, -0.25) is 0 Å². The van der Waals surface area contributed by atoms with E-state index in [2.05, 4.69) is 72.9 Å². The fourth-order valence-corrected chi connectivity index (χ4v) is 2.23. The van der Waals surface area contributed by atoms with Crippen LogP contribution in [0.15, 0.2) is 24.3 Å². The Kier molecular flexibility index (Phi) is 4.89. The van der Waals surface area contributed by atoms with Gasteiger partial charge in [-0.25, -0.2) is 0 Å². The molecule has 1 aromatic rings. The van der Waals surface area contributed by atoms with E-state index in [0.717, 1.165) is 6.54 Å². The first-order chi connectivity index (χ1) is 6.65. The van der Waals surface area contributed by atoms with Crippen molar-refractivity contribution in [3.05, 3.63) is 33.4 Å². The Labute approximate surface area is 100 Å². The molecule has 78 valence electrons. The molecule has 0 fully saturated rings. The van der Waals surface area contributed by atoms with Crippen molar-refractivity contribution in [2.75, 3.05) is 6.54 Å². The highest BCUT2D eigenvalue weighted by molar-refractivity contribution is 14.1. The van der Waals surface area contributed by atoms with Gasteiger partial charge >= 0.3 is 0 Å². The van der Waals surface area contributed by atoms with Gasteiger partial charge in [0.05, 0.1) is 0 Å². The lowest BCUT2D eigenvalue weighted by Crippen LogP contribution is -2.25. The zero-order valence-electron chi connectivity index (χ0n) is 9.05. The summed E-state index contributed by atoms with van der Waals surface area (Å²) in [5, 5.41) is 3.52. The van der Waals surface area contributed by atoms with Crippen LogP contribution in [0.2, 0.25) is 0 Å². The molecule has 0 aliphatic heterocycles. The maximum Gasteiger partial charge on any atom is 0.0343 e. The molecule has 0 aliphatic rings. The van der Waals surface area contributed by atoms with E-state index in [1.54, 1.807) is 0 Å². The fraction of sp³-hybridized carbons (Fsp3) is 0.500. The highest BCUT2D eigenvalue weighted by Crippen LogP contribution is 2.22. The van der Waals surface area contributed by atoms with Crippen molar-refractivity contribution in [1.29, 1.82) is 0 Å². The first kappa shape index (κ1) is 12.0. The zero-order valence-corrected chi connectivity index (χ0v) is 11.2. The van der Waals surface area contributed by atoms with E-state index in [1.807, 2.05) is 0 Å². The van der Waals surface area contributed by atoms with Crippen LogP contribution in [0, 0.1) is 9.49 Å². The Morgan fingerprint density at radius 2 is 2.07 bits per heavy atom. The maximum absolute atomic E-state index is 3.52. The summed E-state index contributed by atoms with van der Waals surface area (Å²) in [4.78, 5) is 0. The minimum absolute atomic E-state index is 0.481. The standard InChI is InChI=1S/C12H18IN/c1-4-14-12(9(2)3)10-6-5-7-11(13)8-10/h5-9,12,14H,4H2,1-3H3. The van der Waals surface area contributed by atoms with Gasteiger partial charge in [0.15, 0.2) is 0 Å². The Hall–Kier alpha value is -0.0900. The summed E-state index contributed by atoms with van der Waals surface area (Å²) in [6.07, 6.45) is 0. The molecule has 0 amide bonds. The molecule has 0 radical (unpaired) electrons. The topological polar surface area (TPSA) is 12.0 Å². The van der Waals surface area contributed by atoms with Gasteiger partial charge in [-0.1, -0.05) is 32.9 Å². The third kappa shape index (κ3) is 3.24. The number of benzene rings is 1. The Balaban J connectivity index is 2.87. The monoisotopic (exact) mass is 303 g/mol. The van der Waals surface area contributed by atoms with Crippen LogP contribution in [-0.2, 0) is 0 Å². The number of halogens is 1. The number of nitrogens with one attached hydrogen (secondary N) is 1. The first-order valence-electron chi connectivity index (χ1n) is 5.14. The number of rotatable bonds is 4. The number of hydrogen-bond donors (Lipinski definition) is 1. The second-order valence-electron chi connectivity index (χ2n) is 3.83. The van der Waals surface area contributed by atoms with Gasteiger partial charge < -0.3 is 5.32 Å². The van der Waals surface area contributed by atoms with E-state index in [9.17, 15) is 0 Å². The van der Waals surface area contributed by atoms with E-state index in [-0.39, 0.29) is 0 Å². The van der Waals surface area contributed by atoms with Crippen molar-refractivity contribution >= 4 is 22.6 Å². The summed E-state index contributed by atoms with van der Waals surface area (Å²) in [5.74, 6) is 0.633. The average molecular weight is 303 g/mol. The summed E-state index contributed by atoms with van der Waals surface area (Å²) >= 11 is 2.36. The quantitative estimate of drug-likeness (QED) is 0.838. The third-order valence-electron chi connectivity index (χ3n) is 2.30. The molecule has 0 saturated heterocycles. The SMILES string of the molecule is CCNC(c1cccc(I)c1)C(C)C. The molecule has 14 heavy (non-hydrogen) atoms. The lowest BCUT2D eigenvalue weighted by molar-refractivity contribution is 0.421. The molecule has 0 saturated carbocycles. The molecular formula is C12H18IN. The van der Waals surface area contributed by atoms with Crippen LogP contribution in [0.3, 0.4) is 0 Å². The minimum Gasteiger partial charge on any atom is -0.310 e. The molecule has 0 spiro atoms. The third-order valence-corrected chi connectivity index (χ3v) is 2.97. The van der Waals surface area contributed by atoms with Crippen molar-refractivity contribution in [3.63, 3.8) is 0 Å². The van der Waals surface area contributed by atoms with E-state index in [0.29, 0.717) is 12.0 Å². The van der Waals surface area contributed by atoms with Crippen LogP contribution >= 0.6 is 22.6 Å². The molecule has 1 rings (SSSR count). The predicted octanol–water partition coefficient (Wildman–Crippen LogP) is 3.60. The van der Waals surface area contributed by atoms with Gasteiger partial charge in [0.1, 0.15) is 0 Å². The fourth-order valence-electron chi connectivity index (χ4n) is 1.66. The van der Waals surface area contributed by atoms with Crippen molar-refractivity contribution in [3.8, 4) is 0 Å². The highest BCUT2D eigenvalue weighted by atomic mass is 127. The van der Waals surface area contributed by atoms with Crippen LogP contribution in [0.4, 0.5) is 0 Å². The van der Waals surface area contributed by atoms with Gasteiger partial charge in [0.25, 0.3) is 0 Å². The van der Waals surface area contributed by atoms with Gasteiger partial charge in [-0.2, -0.15) is 0 Å². The average Bonchev–Trinajstić information content (AvgIpc) is 2.13. The largest absolute Gasteiger partial charge is 0.310 e. The molecule has 0 heterocycles. The van der Waals surface area contributed by atoms with Crippen LogP contribution in [-0.4, -0.2) is 6.54 Å². The van der Waals surface area contributed by atoms with E-state index >= 15 is 0 Å². The molecule has 1 unspecified atom stereocenters. The summed E-state index contributed by atoms with van der Waals surface area (Å²) in [6, 6.07) is 9.20. The van der Waals surface area contributed by atoms with Gasteiger partial charge in [0, 0.05) is 9.61 Å². The van der Waals surface area contributed by atoms with Crippen LogP contribution in [0.25, 0.3) is 0 Å². The minimum atomic E-state index is 0.481. The van der Waals surface area contributed by atoms with Crippen molar-refractivity contribution < 1.29 is 0 Å². The molecule has 0 aromatic heterocycles. The van der Waals surface area contributed by atoms with E-state index in [4.69, 9.17) is 0 Å². The van der Waals surface area contributed by atoms with Gasteiger partial charge in [-0.05, 0) is 52.7 Å². The summed E-state index contributed by atoms with van der Waals surface area (Å²) in [7, 11) is 0. The molecule has 1 nitrogen and oxygen atoms in total. The molecule has 0 bridgehead atoms. The van der Waals surface area contributed by atoms with E-state index in [1.165, 1.54) is 9.13 Å². The normalized spacial score (nSPS) is 13.2. The van der Waals surface area contributed by atoms with Gasteiger partial charge in [-0.15, -0.1) is 0 Å². The Bertz CT molecular complexity index is 283. The second-order valence-corrected chi connectivity index (χ2v) is 5.08. The predicted molar refractivity (Wildman–Crippen MR) is 70.4 cm³/mol. The first-order valence-corrected chi connectivity index (χ1v) is 6.22. The van der Waals surface area contributed by atoms with Crippen LogP contribution in [0.5, 0.6) is 0 Å². The van der Waals surface area contributed by atoms with Crippen LogP contribution in [0.1, 0.15) is 32.4 Å². The summed E-state index contributed by atoms with van der Waals surface area (Å²) < 4.78 is 1.31. The molecule has 1 atom stereocenters. The summed E-state index contributed by atoms with van der Waals surface area (Å²) in [5.41, 5.74) is 1.40. The van der Waals surface area contributed by atoms with Crippen molar-refractivity contribution in [2.24, 2.45) is 5.92 Å². The summed E-state index contributed by atoms with van der Waals surface area (Å²) in [6.45, 7) is 7.69. The van der Waals surface area contributed by atoms with Gasteiger partial charge in [0.2, 0.25) is 0 Å². The molecule has 2 heteroatoms. The molecule has 1 N–H and O–H groups in total. The molecule has 1 aromatic carbocycles. The second kappa shape index (κ2) is 5.71. The van der Waals surface area contributed by atoms with Crippen molar-refractivity contribution in [1.82, 2.24) is 5.32 Å². The lowest BCUT2D eigenvalue weighted by Gasteiger charge is -2.22. The maximum atomic E-state index is 3.52. The smallest absolute Gasteiger partial charge is 0.0343 e. The zero-order chi connectivity index (χ0) is 10.6. The lowest BCUT2D eigenvalue weighted by atomic mass is 9.96.